The second kappa shape index (κ2) is 3.89. The monoisotopic (exact) mass is 290 g/mol. The molecule has 0 amide bonds. The SMILES string of the molecule is O=S1(=O)CCc2ncc3[nH]c(-c4ccon4)nc3c2C1. The molecule has 0 saturated heterocycles. The van der Waals surface area contributed by atoms with Crippen molar-refractivity contribution < 1.29 is 12.9 Å². The van der Waals surface area contributed by atoms with Crippen LogP contribution in [0, 0.1) is 0 Å². The van der Waals surface area contributed by atoms with Gasteiger partial charge in [0.1, 0.15) is 12.0 Å². The number of rotatable bonds is 1. The Balaban J connectivity index is 1.95. The first kappa shape index (κ1) is 11.6. The maximum atomic E-state index is 11.8. The third-order valence-electron chi connectivity index (χ3n) is 3.41. The summed E-state index contributed by atoms with van der Waals surface area (Å²) in [6.07, 6.45) is 3.59. The second-order valence-electron chi connectivity index (χ2n) is 4.76. The van der Waals surface area contributed by atoms with Gasteiger partial charge in [0.15, 0.2) is 15.7 Å². The van der Waals surface area contributed by atoms with E-state index in [-0.39, 0.29) is 11.5 Å². The van der Waals surface area contributed by atoms with Crippen molar-refractivity contribution in [2.45, 2.75) is 12.2 Å². The summed E-state index contributed by atoms with van der Waals surface area (Å²) in [7, 11) is -3.06. The van der Waals surface area contributed by atoms with Crippen molar-refractivity contribution in [1.29, 1.82) is 0 Å². The van der Waals surface area contributed by atoms with Crippen molar-refractivity contribution >= 4 is 20.9 Å². The van der Waals surface area contributed by atoms with Crippen LogP contribution in [-0.2, 0) is 22.0 Å². The van der Waals surface area contributed by atoms with Gasteiger partial charge in [0.25, 0.3) is 0 Å². The summed E-state index contributed by atoms with van der Waals surface area (Å²) in [6.45, 7) is 0. The summed E-state index contributed by atoms with van der Waals surface area (Å²) in [5, 5.41) is 3.82. The van der Waals surface area contributed by atoms with Crippen LogP contribution in [0.3, 0.4) is 0 Å². The maximum Gasteiger partial charge on any atom is 0.160 e. The van der Waals surface area contributed by atoms with Crippen molar-refractivity contribution in [2.75, 3.05) is 5.75 Å². The van der Waals surface area contributed by atoms with Crippen molar-refractivity contribution in [3.05, 3.63) is 29.8 Å². The van der Waals surface area contributed by atoms with Crippen LogP contribution in [0.1, 0.15) is 11.3 Å². The van der Waals surface area contributed by atoms with Crippen LogP contribution in [0.15, 0.2) is 23.0 Å². The maximum absolute atomic E-state index is 11.8. The molecule has 0 atom stereocenters. The van der Waals surface area contributed by atoms with E-state index >= 15 is 0 Å². The lowest BCUT2D eigenvalue weighted by atomic mass is 10.1. The summed E-state index contributed by atoms with van der Waals surface area (Å²) in [5.74, 6) is 0.696. The summed E-state index contributed by atoms with van der Waals surface area (Å²) < 4.78 is 28.4. The van der Waals surface area contributed by atoms with Crippen LogP contribution in [-0.4, -0.2) is 34.3 Å². The van der Waals surface area contributed by atoms with Crippen LogP contribution < -0.4 is 0 Å². The highest BCUT2D eigenvalue weighted by atomic mass is 32.2. The molecule has 0 spiro atoms. The molecule has 0 aromatic carbocycles. The second-order valence-corrected chi connectivity index (χ2v) is 6.94. The van der Waals surface area contributed by atoms with Gasteiger partial charge in [-0.15, -0.1) is 0 Å². The number of hydrogen-bond donors (Lipinski definition) is 1. The Kier molecular flexibility index (Phi) is 2.25. The molecule has 3 aromatic heterocycles. The number of sulfone groups is 1. The largest absolute Gasteiger partial charge is 0.364 e. The summed E-state index contributed by atoms with van der Waals surface area (Å²) in [4.78, 5) is 11.9. The van der Waals surface area contributed by atoms with Crippen LogP contribution in [0.2, 0.25) is 0 Å². The lowest BCUT2D eigenvalue weighted by Gasteiger charge is -2.14. The molecule has 4 heterocycles. The predicted molar refractivity (Wildman–Crippen MR) is 70.6 cm³/mol. The highest BCUT2D eigenvalue weighted by Crippen LogP contribution is 2.27. The zero-order valence-corrected chi connectivity index (χ0v) is 11.1. The van der Waals surface area contributed by atoms with Crippen molar-refractivity contribution in [1.82, 2.24) is 20.1 Å². The third kappa shape index (κ3) is 1.72. The summed E-state index contributed by atoms with van der Waals surface area (Å²) >= 11 is 0. The van der Waals surface area contributed by atoms with E-state index < -0.39 is 9.84 Å². The molecule has 102 valence electrons. The number of aromatic amines is 1. The Morgan fingerprint density at radius 3 is 3.05 bits per heavy atom. The van der Waals surface area contributed by atoms with Crippen molar-refractivity contribution in [3.8, 4) is 11.5 Å². The minimum absolute atomic E-state index is 0.00418. The molecule has 0 radical (unpaired) electrons. The molecule has 3 aromatic rings. The number of aromatic nitrogens is 4. The Hall–Kier alpha value is -2.22. The molecule has 20 heavy (non-hydrogen) atoms. The summed E-state index contributed by atoms with van der Waals surface area (Å²) in [6, 6.07) is 1.69. The van der Waals surface area contributed by atoms with Gasteiger partial charge in [-0.2, -0.15) is 0 Å². The Morgan fingerprint density at radius 1 is 1.35 bits per heavy atom. The number of pyridine rings is 1. The zero-order chi connectivity index (χ0) is 13.7. The van der Waals surface area contributed by atoms with Crippen LogP contribution in [0.5, 0.6) is 0 Å². The third-order valence-corrected chi connectivity index (χ3v) is 4.96. The first-order chi connectivity index (χ1) is 9.62. The molecule has 7 nitrogen and oxygen atoms in total. The van der Waals surface area contributed by atoms with E-state index in [4.69, 9.17) is 4.52 Å². The molecule has 0 aliphatic carbocycles. The molecular weight excluding hydrogens is 280 g/mol. The molecular formula is C12H10N4O3S. The van der Waals surface area contributed by atoms with E-state index in [0.29, 0.717) is 34.5 Å². The van der Waals surface area contributed by atoms with E-state index in [1.54, 1.807) is 12.3 Å². The molecule has 1 aliphatic heterocycles. The minimum Gasteiger partial charge on any atom is -0.364 e. The quantitative estimate of drug-likeness (QED) is 0.719. The molecule has 0 fully saturated rings. The molecule has 8 heteroatoms. The lowest BCUT2D eigenvalue weighted by Crippen LogP contribution is -2.20. The first-order valence-electron chi connectivity index (χ1n) is 6.10. The minimum atomic E-state index is -3.06. The Bertz CT molecular complexity index is 896. The number of aryl methyl sites for hydroxylation is 1. The van der Waals surface area contributed by atoms with E-state index in [1.165, 1.54) is 6.26 Å². The number of H-pyrrole nitrogens is 1. The van der Waals surface area contributed by atoms with Gasteiger partial charge in [0, 0.05) is 23.7 Å². The number of nitrogens with one attached hydrogen (secondary N) is 1. The van der Waals surface area contributed by atoms with Crippen molar-refractivity contribution in [2.24, 2.45) is 0 Å². The average molecular weight is 290 g/mol. The fourth-order valence-electron chi connectivity index (χ4n) is 2.43. The van der Waals surface area contributed by atoms with Crippen LogP contribution in [0.25, 0.3) is 22.6 Å². The fourth-order valence-corrected chi connectivity index (χ4v) is 3.83. The number of nitrogens with zero attached hydrogens (tertiary/aromatic N) is 3. The smallest absolute Gasteiger partial charge is 0.160 e. The van der Waals surface area contributed by atoms with E-state index in [1.807, 2.05) is 0 Å². The molecule has 1 aliphatic rings. The molecule has 0 unspecified atom stereocenters. The predicted octanol–water partition coefficient (Wildman–Crippen LogP) is 1.08. The van der Waals surface area contributed by atoms with E-state index in [2.05, 4.69) is 20.1 Å². The average Bonchev–Trinajstić information content (AvgIpc) is 3.06. The van der Waals surface area contributed by atoms with Gasteiger partial charge >= 0.3 is 0 Å². The highest BCUT2D eigenvalue weighted by Gasteiger charge is 2.25. The van der Waals surface area contributed by atoms with Gasteiger partial charge < -0.3 is 9.51 Å². The standard InChI is InChI=1S/C12H10N4O3S/c17-20(18)4-2-8-7(6-20)11-10(5-13-8)14-12(15-11)9-1-3-19-16-9/h1,3,5H,2,4,6H2,(H,14,15). The van der Waals surface area contributed by atoms with Crippen LogP contribution >= 0.6 is 0 Å². The Labute approximate surface area is 113 Å². The van der Waals surface area contributed by atoms with Gasteiger partial charge in [-0.3, -0.25) is 4.98 Å². The normalized spacial score (nSPS) is 17.2. The fraction of sp³-hybridized carbons (Fsp3) is 0.250. The molecule has 4 rings (SSSR count). The first-order valence-corrected chi connectivity index (χ1v) is 7.92. The zero-order valence-electron chi connectivity index (χ0n) is 10.3. The van der Waals surface area contributed by atoms with Gasteiger partial charge in [-0.1, -0.05) is 5.16 Å². The number of imidazole rings is 1. The van der Waals surface area contributed by atoms with Gasteiger partial charge in [-0.05, 0) is 0 Å². The topological polar surface area (TPSA) is 102 Å². The highest BCUT2D eigenvalue weighted by molar-refractivity contribution is 7.90. The molecule has 1 N–H and O–H groups in total. The van der Waals surface area contributed by atoms with E-state index in [0.717, 1.165) is 5.69 Å². The Morgan fingerprint density at radius 2 is 2.25 bits per heavy atom. The van der Waals surface area contributed by atoms with E-state index in [9.17, 15) is 8.42 Å². The van der Waals surface area contributed by atoms with Gasteiger partial charge in [-0.25, -0.2) is 13.4 Å². The summed E-state index contributed by atoms with van der Waals surface area (Å²) in [5.41, 5.74) is 3.44. The molecule has 0 saturated carbocycles. The number of hydrogen-bond acceptors (Lipinski definition) is 6. The lowest BCUT2D eigenvalue weighted by molar-refractivity contribution is 0.422. The number of fused-ring (bicyclic) bond motifs is 3. The molecule has 0 bridgehead atoms. The van der Waals surface area contributed by atoms with Crippen LogP contribution in [0.4, 0.5) is 0 Å². The van der Waals surface area contributed by atoms with Crippen molar-refractivity contribution in [3.63, 3.8) is 0 Å². The van der Waals surface area contributed by atoms with Gasteiger partial charge in [0.05, 0.1) is 28.7 Å². The van der Waals surface area contributed by atoms with Gasteiger partial charge in [0.2, 0.25) is 0 Å².